The summed E-state index contributed by atoms with van der Waals surface area (Å²) in [5, 5.41) is 2.96. The fourth-order valence-electron chi connectivity index (χ4n) is 6.37. The van der Waals surface area contributed by atoms with Gasteiger partial charge in [0, 0.05) is 12.1 Å². The molecule has 1 aliphatic heterocycles. The number of anilines is 1. The van der Waals surface area contributed by atoms with Gasteiger partial charge >= 0.3 is 0 Å². The molecule has 2 saturated carbocycles. The molecule has 5 aliphatic rings. The maximum absolute atomic E-state index is 13.6. The minimum absolute atomic E-state index is 0.147. The summed E-state index contributed by atoms with van der Waals surface area (Å²) in [5.74, 6) is 0.133. The van der Waals surface area contributed by atoms with Crippen molar-refractivity contribution in [2.24, 2.45) is 35.5 Å². The van der Waals surface area contributed by atoms with Crippen LogP contribution in [0.15, 0.2) is 66.7 Å². The number of amides is 3. The summed E-state index contributed by atoms with van der Waals surface area (Å²) < 4.78 is 0. The van der Waals surface area contributed by atoms with E-state index >= 15 is 0 Å². The largest absolute Gasteiger partial charge is 0.324 e. The number of hydrogen-bond donors (Lipinski definition) is 1. The van der Waals surface area contributed by atoms with E-state index in [1.807, 2.05) is 61.5 Å². The summed E-state index contributed by atoms with van der Waals surface area (Å²) in [5.41, 5.74) is 2.63. The lowest BCUT2D eigenvalue weighted by molar-refractivity contribution is -0.146. The highest BCUT2D eigenvalue weighted by atomic mass is 16.2. The van der Waals surface area contributed by atoms with Crippen LogP contribution in [-0.2, 0) is 20.8 Å². The van der Waals surface area contributed by atoms with Gasteiger partial charge in [-0.3, -0.25) is 19.3 Å². The average Bonchev–Trinajstić information content (AvgIpc) is 3.57. The number of benzene rings is 2. The zero-order valence-electron chi connectivity index (χ0n) is 18.0. The molecule has 0 spiro atoms. The van der Waals surface area contributed by atoms with Crippen molar-refractivity contribution in [1.29, 1.82) is 0 Å². The average molecular weight is 427 g/mol. The predicted octanol–water partition coefficient (Wildman–Crippen LogP) is 3.60. The van der Waals surface area contributed by atoms with Gasteiger partial charge in [0.1, 0.15) is 6.04 Å². The van der Waals surface area contributed by atoms with E-state index in [9.17, 15) is 14.4 Å². The Bertz CT molecular complexity index is 1100. The van der Waals surface area contributed by atoms with Crippen LogP contribution in [0.5, 0.6) is 0 Å². The van der Waals surface area contributed by atoms with Crippen molar-refractivity contribution in [2.75, 3.05) is 5.32 Å². The zero-order chi connectivity index (χ0) is 22.0. The smallest absolute Gasteiger partial charge is 0.248 e. The normalized spacial score (nSPS) is 32.5. The minimum Gasteiger partial charge on any atom is -0.324 e. The molecule has 5 heteroatoms. The fraction of sp³-hybridized carbons (Fsp3) is 0.370. The molecule has 32 heavy (non-hydrogen) atoms. The van der Waals surface area contributed by atoms with Gasteiger partial charge in [0.25, 0.3) is 0 Å². The summed E-state index contributed by atoms with van der Waals surface area (Å²) in [4.78, 5) is 42.1. The second-order valence-corrected chi connectivity index (χ2v) is 9.77. The maximum atomic E-state index is 13.6. The first-order valence-electron chi connectivity index (χ1n) is 11.5. The number of nitrogens with one attached hydrogen (secondary N) is 1. The second kappa shape index (κ2) is 7.16. The molecular formula is C27H26N2O3. The van der Waals surface area contributed by atoms with Gasteiger partial charge in [0.05, 0.1) is 11.8 Å². The molecule has 7 atom stereocenters. The number of aryl methyl sites for hydroxylation is 1. The number of carbonyl (C=O) groups is 3. The monoisotopic (exact) mass is 426 g/mol. The van der Waals surface area contributed by atoms with Crippen LogP contribution in [0.25, 0.3) is 0 Å². The van der Waals surface area contributed by atoms with Gasteiger partial charge in [-0.1, -0.05) is 54.6 Å². The highest BCUT2D eigenvalue weighted by molar-refractivity contribution is 6.10. The van der Waals surface area contributed by atoms with Gasteiger partial charge in [0.15, 0.2) is 0 Å². The van der Waals surface area contributed by atoms with E-state index in [2.05, 4.69) is 17.5 Å². The van der Waals surface area contributed by atoms with Crippen molar-refractivity contribution in [2.45, 2.75) is 25.8 Å². The lowest BCUT2D eigenvalue weighted by Gasteiger charge is -2.37. The van der Waals surface area contributed by atoms with Crippen LogP contribution in [-0.4, -0.2) is 28.7 Å². The van der Waals surface area contributed by atoms with Crippen LogP contribution in [0.4, 0.5) is 5.69 Å². The van der Waals surface area contributed by atoms with E-state index < -0.39 is 6.04 Å². The van der Waals surface area contributed by atoms with E-state index in [1.54, 1.807) is 0 Å². The first-order valence-corrected chi connectivity index (χ1v) is 11.5. The second-order valence-electron chi connectivity index (χ2n) is 9.77. The fourth-order valence-corrected chi connectivity index (χ4v) is 6.37. The third-order valence-corrected chi connectivity index (χ3v) is 7.87. The van der Waals surface area contributed by atoms with Crippen LogP contribution in [0.2, 0.25) is 0 Å². The summed E-state index contributed by atoms with van der Waals surface area (Å²) in [7, 11) is 0. The lowest BCUT2D eigenvalue weighted by atomic mass is 9.63. The number of likely N-dealkylation sites (tertiary alicyclic amines) is 1. The molecule has 2 aromatic rings. The van der Waals surface area contributed by atoms with Gasteiger partial charge in [0.2, 0.25) is 17.7 Å². The quantitative estimate of drug-likeness (QED) is 0.587. The third kappa shape index (κ3) is 2.94. The molecule has 2 aromatic carbocycles. The number of carbonyl (C=O) groups excluding carboxylic acids is 3. The summed E-state index contributed by atoms with van der Waals surface area (Å²) in [6.45, 7) is 1.96. The molecule has 0 radical (unpaired) electrons. The molecule has 4 aliphatic carbocycles. The van der Waals surface area contributed by atoms with E-state index in [0.29, 0.717) is 23.9 Å². The Morgan fingerprint density at radius 1 is 0.969 bits per heavy atom. The van der Waals surface area contributed by atoms with Crippen molar-refractivity contribution in [3.05, 3.63) is 77.9 Å². The zero-order valence-corrected chi connectivity index (χ0v) is 18.0. The molecule has 2 bridgehead atoms. The number of rotatable bonds is 5. The maximum Gasteiger partial charge on any atom is 0.248 e. The first kappa shape index (κ1) is 19.5. The number of hydrogen-bond acceptors (Lipinski definition) is 3. The Balaban J connectivity index is 1.33. The van der Waals surface area contributed by atoms with Gasteiger partial charge in [-0.05, 0) is 60.3 Å². The van der Waals surface area contributed by atoms with Gasteiger partial charge in [-0.15, -0.1) is 0 Å². The van der Waals surface area contributed by atoms with E-state index in [-0.39, 0.29) is 41.4 Å². The summed E-state index contributed by atoms with van der Waals surface area (Å²) >= 11 is 0. The third-order valence-electron chi connectivity index (χ3n) is 7.87. The molecule has 5 nitrogen and oxygen atoms in total. The van der Waals surface area contributed by atoms with E-state index in [4.69, 9.17) is 0 Å². The van der Waals surface area contributed by atoms with E-state index in [1.165, 1.54) is 4.90 Å². The molecular weight excluding hydrogens is 400 g/mol. The lowest BCUT2D eigenvalue weighted by Crippen LogP contribution is -2.49. The first-order chi connectivity index (χ1) is 15.5. The van der Waals surface area contributed by atoms with Crippen molar-refractivity contribution in [3.8, 4) is 0 Å². The molecule has 3 fully saturated rings. The van der Waals surface area contributed by atoms with Crippen LogP contribution < -0.4 is 5.32 Å². The van der Waals surface area contributed by atoms with Crippen LogP contribution in [0, 0.1) is 42.4 Å². The Kier molecular flexibility index (Phi) is 4.36. The van der Waals surface area contributed by atoms with Crippen LogP contribution in [0.1, 0.15) is 17.5 Å². The molecule has 3 amide bonds. The Morgan fingerprint density at radius 3 is 2.25 bits per heavy atom. The molecule has 7 rings (SSSR count). The van der Waals surface area contributed by atoms with Crippen LogP contribution >= 0.6 is 0 Å². The Hall–Kier alpha value is -3.21. The van der Waals surface area contributed by atoms with Crippen LogP contribution in [0.3, 0.4) is 0 Å². The SMILES string of the molecule is Cc1cccc(NC(=O)[C@H](Cc2ccccc2)N2C(=O)[C@@H]3[C@H]4C=C[C@@H]([C@@H]5C[C@@H]45)[C@H]3C2=O)c1. The number of nitrogens with zero attached hydrogens (tertiary/aromatic N) is 1. The molecule has 1 N–H and O–H groups in total. The molecule has 0 aromatic heterocycles. The standard InChI is InChI=1S/C27H26N2O3/c1-15-6-5-9-17(12-15)28-25(30)22(13-16-7-3-2-4-8-16)29-26(31)23-18-10-11-19(21-14-20(18)21)24(23)27(29)32/h2-12,18-24H,13-14H2,1H3,(H,28,30)/t18-,19-,20-,21-,22-,23+,24+/m0/s1. The number of allylic oxidation sites excluding steroid dienone is 2. The molecule has 1 heterocycles. The summed E-state index contributed by atoms with van der Waals surface area (Å²) in [6.07, 6.45) is 5.75. The predicted molar refractivity (Wildman–Crippen MR) is 120 cm³/mol. The highest BCUT2D eigenvalue weighted by Crippen LogP contribution is 2.65. The topological polar surface area (TPSA) is 66.5 Å². The molecule has 162 valence electrons. The van der Waals surface area contributed by atoms with E-state index in [0.717, 1.165) is 17.5 Å². The summed E-state index contributed by atoms with van der Waals surface area (Å²) in [6, 6.07) is 16.3. The van der Waals surface area contributed by atoms with Crippen molar-refractivity contribution < 1.29 is 14.4 Å². The van der Waals surface area contributed by atoms with Gasteiger partial charge in [-0.2, -0.15) is 0 Å². The van der Waals surface area contributed by atoms with Gasteiger partial charge < -0.3 is 5.32 Å². The Morgan fingerprint density at radius 2 is 1.62 bits per heavy atom. The number of imide groups is 1. The van der Waals surface area contributed by atoms with Crippen molar-refractivity contribution >= 4 is 23.4 Å². The minimum atomic E-state index is -0.862. The van der Waals surface area contributed by atoms with Gasteiger partial charge in [-0.25, -0.2) is 0 Å². The highest BCUT2D eigenvalue weighted by Gasteiger charge is 2.67. The van der Waals surface area contributed by atoms with Crippen molar-refractivity contribution in [1.82, 2.24) is 4.90 Å². The molecule has 0 unspecified atom stereocenters. The van der Waals surface area contributed by atoms with Crippen molar-refractivity contribution in [3.63, 3.8) is 0 Å². The molecule has 1 saturated heterocycles. The Labute approximate surface area is 187 Å².